The highest BCUT2D eigenvalue weighted by atomic mass is 35.5. The number of anilines is 2. The van der Waals surface area contributed by atoms with Crippen LogP contribution in [0, 0.1) is 11.2 Å². The van der Waals surface area contributed by atoms with Gasteiger partial charge < -0.3 is 44.4 Å². The van der Waals surface area contributed by atoms with Crippen LogP contribution in [-0.4, -0.2) is 83.5 Å². The van der Waals surface area contributed by atoms with Crippen molar-refractivity contribution in [3.05, 3.63) is 87.2 Å². The fourth-order valence-electron chi connectivity index (χ4n) is 6.97. The van der Waals surface area contributed by atoms with Gasteiger partial charge in [-0.25, -0.2) is 14.0 Å². The van der Waals surface area contributed by atoms with Crippen molar-refractivity contribution in [2.45, 2.75) is 50.6 Å². The van der Waals surface area contributed by atoms with E-state index in [1.807, 2.05) is 20.8 Å². The van der Waals surface area contributed by atoms with Gasteiger partial charge in [0.1, 0.15) is 23.6 Å². The normalized spacial score (nSPS) is 20.3. The molecule has 0 aromatic heterocycles. The summed E-state index contributed by atoms with van der Waals surface area (Å²) < 4.78 is 46.3. The van der Waals surface area contributed by atoms with Crippen LogP contribution < -0.4 is 20.7 Å². The van der Waals surface area contributed by atoms with Crippen molar-refractivity contribution in [3.63, 3.8) is 0 Å². The van der Waals surface area contributed by atoms with Gasteiger partial charge in [-0.1, -0.05) is 62.2 Å². The lowest BCUT2D eigenvalue weighted by Gasteiger charge is -2.37. The number of esters is 1. The average molecular weight is 791 g/mol. The molecule has 2 aliphatic rings. The van der Waals surface area contributed by atoms with Crippen LogP contribution in [0.4, 0.5) is 20.6 Å². The van der Waals surface area contributed by atoms with Crippen LogP contribution in [0.5, 0.6) is 5.75 Å². The van der Waals surface area contributed by atoms with Crippen LogP contribution in [0.3, 0.4) is 0 Å². The Morgan fingerprint density at radius 3 is 2.43 bits per heavy atom. The van der Waals surface area contributed by atoms with Crippen LogP contribution in [0.1, 0.15) is 54.6 Å². The molecule has 1 saturated heterocycles. The van der Waals surface area contributed by atoms with E-state index < -0.39 is 60.0 Å². The molecule has 5 rings (SSSR count). The smallest absolute Gasteiger partial charge is 0.495 e. The molecule has 0 saturated carbocycles. The molecule has 2 aliphatic heterocycles. The molecule has 290 valence electrons. The molecule has 13 nitrogen and oxygen atoms in total. The number of methoxy groups -OCH3 is 2. The first kappa shape index (κ1) is 40.7. The number of benzene rings is 3. The van der Waals surface area contributed by atoms with Crippen molar-refractivity contribution in [1.82, 2.24) is 5.32 Å². The Hall–Kier alpha value is -4.47. The molecule has 1 unspecified atom stereocenters. The molecule has 0 radical (unpaired) electrons. The highest BCUT2D eigenvalue weighted by Gasteiger charge is 2.66. The summed E-state index contributed by atoms with van der Waals surface area (Å²) in [6.45, 7) is 6.10. The number of hydrogen-bond donors (Lipinski definition) is 3. The summed E-state index contributed by atoms with van der Waals surface area (Å²) in [7, 11) is 2.88. The minimum Gasteiger partial charge on any atom is -0.495 e. The van der Waals surface area contributed by atoms with Crippen molar-refractivity contribution in [1.29, 1.82) is 0 Å². The largest absolute Gasteiger partial charge is 0.511 e. The fourth-order valence-corrected chi connectivity index (χ4v) is 7.32. The second-order valence-corrected chi connectivity index (χ2v) is 14.7. The summed E-state index contributed by atoms with van der Waals surface area (Å²) in [5.41, 5.74) is -0.468. The van der Waals surface area contributed by atoms with Gasteiger partial charge in [0, 0.05) is 29.8 Å². The predicted octanol–water partition coefficient (Wildman–Crippen LogP) is 6.46. The van der Waals surface area contributed by atoms with Crippen molar-refractivity contribution in [2.24, 2.45) is 5.41 Å². The summed E-state index contributed by atoms with van der Waals surface area (Å²) in [6.07, 6.45) is -0.630. The van der Waals surface area contributed by atoms with Crippen molar-refractivity contribution >= 4 is 58.5 Å². The van der Waals surface area contributed by atoms with Gasteiger partial charge in [-0.05, 0) is 59.4 Å². The van der Waals surface area contributed by atoms with E-state index >= 15 is 4.39 Å². The van der Waals surface area contributed by atoms with Gasteiger partial charge in [0.25, 0.3) is 0 Å². The Bertz CT molecular complexity index is 1890. The number of fused-ring (bicyclic) bond motifs is 2. The highest BCUT2D eigenvalue weighted by Crippen LogP contribution is 2.57. The summed E-state index contributed by atoms with van der Waals surface area (Å²) in [5.74, 6) is -3.61. The molecule has 3 aromatic carbocycles. The molecule has 54 heavy (non-hydrogen) atoms. The van der Waals surface area contributed by atoms with Gasteiger partial charge >= 0.3 is 12.1 Å². The topological polar surface area (TPSA) is 160 Å². The number of nitrogens with one attached hydrogen (secondary N) is 3. The third-order valence-electron chi connectivity index (χ3n) is 9.16. The second kappa shape index (κ2) is 17.3. The van der Waals surface area contributed by atoms with Crippen LogP contribution in [0.25, 0.3) is 0 Å². The summed E-state index contributed by atoms with van der Waals surface area (Å²) in [4.78, 5) is 53.4. The van der Waals surface area contributed by atoms with E-state index in [4.69, 9.17) is 51.6 Å². The number of hydrogen-bond acceptors (Lipinski definition) is 11. The first-order chi connectivity index (χ1) is 25.7. The molecule has 2 heterocycles. The molecule has 0 bridgehead atoms. The van der Waals surface area contributed by atoms with E-state index in [9.17, 15) is 19.2 Å². The van der Waals surface area contributed by atoms with E-state index in [0.29, 0.717) is 35.9 Å². The van der Waals surface area contributed by atoms with Gasteiger partial charge in [-0.15, -0.1) is 0 Å². The zero-order valence-electron chi connectivity index (χ0n) is 30.4. The van der Waals surface area contributed by atoms with Gasteiger partial charge in [-0.3, -0.25) is 9.59 Å². The lowest BCUT2D eigenvalue weighted by molar-refractivity contribution is -0.122. The van der Waals surface area contributed by atoms with Gasteiger partial charge in [0.05, 0.1) is 49.2 Å². The Morgan fingerprint density at radius 1 is 0.944 bits per heavy atom. The second-order valence-electron chi connectivity index (χ2n) is 13.9. The maximum atomic E-state index is 16.1. The Kier molecular flexibility index (Phi) is 13.1. The lowest BCUT2D eigenvalue weighted by atomic mass is 9.62. The fraction of sp³-hybridized carbons (Fsp3) is 0.421. The summed E-state index contributed by atoms with van der Waals surface area (Å²) >= 11 is 12.6. The Morgan fingerprint density at radius 2 is 1.70 bits per heavy atom. The average Bonchev–Trinajstić information content (AvgIpc) is 3.60. The molecular weight excluding hydrogens is 748 g/mol. The SMILES string of the molecule is COCCOCCOC(=O)OCOC(=O)c1ccc(NC(=O)[C@@H]2N[C@@H](CC(C)(C)C)C3(C(=O)Nc4cc(Cl)ccc43)[C@H]2c2cccc(Cl)c2F)c(OC)c1. The minimum atomic E-state index is -1.45. The standard InChI is InChI=1S/C38H42Cl2FN3O10/c1-37(2,3)19-29-38(24-11-10-22(39)18-27(24)43-35(38)47)30(23-7-6-8-25(40)31(23)41)32(44-29)33(45)42-26-12-9-21(17-28(26)50-5)34(46)53-20-54-36(48)52-16-15-51-14-13-49-4/h6-12,17-18,29-30,32,44H,13-16,19-20H2,1-5H3,(H,42,45)(H,43,47)/t29-,30-,32+,38?/m0/s1. The van der Waals surface area contributed by atoms with Crippen LogP contribution in [-0.2, 0) is 38.7 Å². The van der Waals surface area contributed by atoms with Crippen molar-refractivity contribution in [2.75, 3.05) is 58.1 Å². The number of carbonyl (C=O) groups is 4. The van der Waals surface area contributed by atoms with Crippen LogP contribution >= 0.6 is 23.2 Å². The van der Waals surface area contributed by atoms with E-state index in [1.165, 1.54) is 44.6 Å². The van der Waals surface area contributed by atoms with Crippen molar-refractivity contribution in [3.8, 4) is 5.75 Å². The summed E-state index contributed by atoms with van der Waals surface area (Å²) in [5, 5.41) is 9.44. The molecule has 16 heteroatoms. The predicted molar refractivity (Wildman–Crippen MR) is 198 cm³/mol. The third-order valence-corrected chi connectivity index (χ3v) is 9.69. The quantitative estimate of drug-likeness (QED) is 0.0935. The Labute approximate surface area is 322 Å². The zero-order chi connectivity index (χ0) is 39.2. The maximum absolute atomic E-state index is 16.1. The first-order valence-electron chi connectivity index (χ1n) is 17.0. The molecule has 1 spiro atoms. The minimum absolute atomic E-state index is 0.0216. The number of rotatable bonds is 14. The van der Waals surface area contributed by atoms with E-state index in [0.717, 1.165) is 0 Å². The summed E-state index contributed by atoms with van der Waals surface area (Å²) in [6, 6.07) is 11.9. The molecule has 3 aromatic rings. The van der Waals surface area contributed by atoms with Gasteiger partial charge in [-0.2, -0.15) is 0 Å². The number of halogens is 3. The highest BCUT2D eigenvalue weighted by molar-refractivity contribution is 6.31. The Balaban J connectivity index is 1.39. The van der Waals surface area contributed by atoms with E-state index in [-0.39, 0.29) is 46.2 Å². The third kappa shape index (κ3) is 8.74. The molecule has 2 amide bonds. The molecule has 1 fully saturated rings. The molecule has 3 N–H and O–H groups in total. The molecular formula is C38H42Cl2FN3O10. The van der Waals surface area contributed by atoms with Crippen LogP contribution in [0.2, 0.25) is 10.0 Å². The van der Waals surface area contributed by atoms with Crippen molar-refractivity contribution < 1.29 is 52.0 Å². The lowest BCUT2D eigenvalue weighted by Crippen LogP contribution is -2.49. The van der Waals surface area contributed by atoms with E-state index in [1.54, 1.807) is 24.3 Å². The molecule has 4 atom stereocenters. The van der Waals surface area contributed by atoms with E-state index in [2.05, 4.69) is 16.0 Å². The van der Waals surface area contributed by atoms with Gasteiger partial charge in [0.15, 0.2) is 0 Å². The number of ether oxygens (including phenoxy) is 6. The zero-order valence-corrected chi connectivity index (χ0v) is 31.9. The van der Waals surface area contributed by atoms with Gasteiger partial charge in [0.2, 0.25) is 18.6 Å². The molecule has 0 aliphatic carbocycles. The first-order valence-corrected chi connectivity index (χ1v) is 17.8. The van der Waals surface area contributed by atoms with Crippen LogP contribution in [0.15, 0.2) is 54.6 Å². The number of carbonyl (C=O) groups excluding carboxylic acids is 4. The number of amides is 2. The monoisotopic (exact) mass is 789 g/mol. The maximum Gasteiger partial charge on any atom is 0.511 e.